The van der Waals surface area contributed by atoms with Crippen molar-refractivity contribution in [2.75, 3.05) is 32.8 Å². The standard InChI is InChI=1S/C18H24N2O3/c21-17(14-20-11-12-23-18(20)22)19-10-4-7-16(13-19)9-8-15-5-2-1-3-6-15/h1-3,5-6,16H,4,7-14H2. The second-order valence-electron chi connectivity index (χ2n) is 6.41. The minimum Gasteiger partial charge on any atom is -0.448 e. The number of benzene rings is 1. The third-order valence-corrected chi connectivity index (χ3v) is 4.73. The maximum absolute atomic E-state index is 12.4. The smallest absolute Gasteiger partial charge is 0.410 e. The molecule has 0 radical (unpaired) electrons. The van der Waals surface area contributed by atoms with Crippen LogP contribution in [-0.2, 0) is 16.0 Å². The lowest BCUT2D eigenvalue weighted by Gasteiger charge is -2.33. The van der Waals surface area contributed by atoms with Gasteiger partial charge in [-0.2, -0.15) is 0 Å². The molecule has 2 amide bonds. The van der Waals surface area contributed by atoms with Crippen molar-refractivity contribution in [1.82, 2.24) is 9.80 Å². The lowest BCUT2D eigenvalue weighted by molar-refractivity contribution is -0.133. The summed E-state index contributed by atoms with van der Waals surface area (Å²) in [6.07, 6.45) is 4.04. The predicted octanol–water partition coefficient (Wildman–Crippen LogP) is 2.31. The fraction of sp³-hybridized carbons (Fsp3) is 0.556. The number of likely N-dealkylation sites (tertiary alicyclic amines) is 1. The van der Waals surface area contributed by atoms with Gasteiger partial charge in [0.2, 0.25) is 5.91 Å². The van der Waals surface area contributed by atoms with Gasteiger partial charge in [0.25, 0.3) is 0 Å². The van der Waals surface area contributed by atoms with E-state index in [0.29, 0.717) is 19.1 Å². The highest BCUT2D eigenvalue weighted by Crippen LogP contribution is 2.22. The van der Waals surface area contributed by atoms with Crippen LogP contribution in [0.2, 0.25) is 0 Å². The molecule has 0 aromatic heterocycles. The van der Waals surface area contributed by atoms with E-state index in [9.17, 15) is 9.59 Å². The molecule has 0 spiro atoms. The molecule has 1 aromatic carbocycles. The van der Waals surface area contributed by atoms with Gasteiger partial charge in [0, 0.05) is 13.1 Å². The third-order valence-electron chi connectivity index (χ3n) is 4.73. The van der Waals surface area contributed by atoms with E-state index in [1.54, 1.807) is 0 Å². The Morgan fingerprint density at radius 3 is 2.78 bits per heavy atom. The van der Waals surface area contributed by atoms with Crippen LogP contribution < -0.4 is 0 Å². The second-order valence-corrected chi connectivity index (χ2v) is 6.41. The van der Waals surface area contributed by atoms with Gasteiger partial charge in [-0.25, -0.2) is 4.79 Å². The minimum absolute atomic E-state index is 0.0493. The van der Waals surface area contributed by atoms with Crippen LogP contribution in [0.15, 0.2) is 30.3 Å². The topological polar surface area (TPSA) is 49.9 Å². The lowest BCUT2D eigenvalue weighted by atomic mass is 9.91. The van der Waals surface area contributed by atoms with Crippen molar-refractivity contribution in [2.24, 2.45) is 5.92 Å². The molecule has 2 heterocycles. The Bertz CT molecular complexity index is 546. The summed E-state index contributed by atoms with van der Waals surface area (Å²) in [5.41, 5.74) is 1.36. The molecule has 0 aliphatic carbocycles. The van der Waals surface area contributed by atoms with Crippen molar-refractivity contribution in [1.29, 1.82) is 0 Å². The molecule has 1 unspecified atom stereocenters. The summed E-state index contributed by atoms with van der Waals surface area (Å²) < 4.78 is 4.88. The van der Waals surface area contributed by atoms with Crippen molar-refractivity contribution in [3.8, 4) is 0 Å². The zero-order valence-electron chi connectivity index (χ0n) is 13.4. The first kappa shape index (κ1) is 15.8. The molecule has 5 nitrogen and oxygen atoms in total. The molecule has 124 valence electrons. The molecule has 1 aromatic rings. The largest absolute Gasteiger partial charge is 0.448 e. The molecule has 0 N–H and O–H groups in total. The van der Waals surface area contributed by atoms with Gasteiger partial charge in [-0.05, 0) is 37.2 Å². The number of amides is 2. The number of carbonyl (C=O) groups excluding carboxylic acids is 2. The number of carbonyl (C=O) groups is 2. The number of hydrogen-bond acceptors (Lipinski definition) is 3. The highest BCUT2D eigenvalue weighted by molar-refractivity contribution is 5.83. The van der Waals surface area contributed by atoms with Gasteiger partial charge < -0.3 is 9.64 Å². The molecule has 0 saturated carbocycles. The Morgan fingerprint density at radius 1 is 1.22 bits per heavy atom. The molecule has 2 aliphatic rings. The molecule has 1 atom stereocenters. The summed E-state index contributed by atoms with van der Waals surface area (Å²) in [5, 5.41) is 0. The van der Waals surface area contributed by atoms with Crippen LogP contribution in [0.4, 0.5) is 4.79 Å². The Kier molecular flexibility index (Phi) is 5.16. The van der Waals surface area contributed by atoms with Gasteiger partial charge in [-0.15, -0.1) is 0 Å². The molecular weight excluding hydrogens is 292 g/mol. The monoisotopic (exact) mass is 316 g/mol. The number of piperidine rings is 1. The van der Waals surface area contributed by atoms with Crippen LogP contribution in [-0.4, -0.2) is 54.6 Å². The van der Waals surface area contributed by atoms with E-state index in [2.05, 4.69) is 24.3 Å². The van der Waals surface area contributed by atoms with Gasteiger partial charge in [0.05, 0.1) is 6.54 Å². The highest BCUT2D eigenvalue weighted by Gasteiger charge is 2.29. The van der Waals surface area contributed by atoms with Gasteiger partial charge in [0.15, 0.2) is 0 Å². The summed E-state index contributed by atoms with van der Waals surface area (Å²) in [7, 11) is 0. The summed E-state index contributed by atoms with van der Waals surface area (Å²) >= 11 is 0. The van der Waals surface area contributed by atoms with Crippen molar-refractivity contribution >= 4 is 12.0 Å². The van der Waals surface area contributed by atoms with Crippen molar-refractivity contribution in [2.45, 2.75) is 25.7 Å². The van der Waals surface area contributed by atoms with Crippen LogP contribution in [0.5, 0.6) is 0 Å². The van der Waals surface area contributed by atoms with E-state index >= 15 is 0 Å². The first-order valence-electron chi connectivity index (χ1n) is 8.46. The van der Waals surface area contributed by atoms with E-state index in [0.717, 1.165) is 32.4 Å². The average molecular weight is 316 g/mol. The third kappa shape index (κ3) is 4.24. The van der Waals surface area contributed by atoms with Crippen LogP contribution in [0.25, 0.3) is 0 Å². The fourth-order valence-electron chi connectivity index (χ4n) is 3.38. The molecule has 2 aliphatic heterocycles. The SMILES string of the molecule is O=C(CN1CCOC1=O)N1CCCC(CCc2ccccc2)C1. The Labute approximate surface area is 137 Å². The van der Waals surface area contributed by atoms with E-state index in [-0.39, 0.29) is 18.5 Å². The molecule has 0 bridgehead atoms. The van der Waals surface area contributed by atoms with Gasteiger partial charge in [0.1, 0.15) is 13.2 Å². The van der Waals surface area contributed by atoms with Crippen LogP contribution >= 0.6 is 0 Å². The normalized spacial score (nSPS) is 21.4. The van der Waals surface area contributed by atoms with E-state index in [4.69, 9.17) is 4.74 Å². The fourth-order valence-corrected chi connectivity index (χ4v) is 3.38. The van der Waals surface area contributed by atoms with Crippen molar-refractivity contribution in [3.63, 3.8) is 0 Å². The Balaban J connectivity index is 1.47. The Hall–Kier alpha value is -2.04. The minimum atomic E-state index is -0.365. The number of ether oxygens (including phenoxy) is 1. The summed E-state index contributed by atoms with van der Waals surface area (Å²) in [4.78, 5) is 27.3. The first-order chi connectivity index (χ1) is 11.2. The lowest BCUT2D eigenvalue weighted by Crippen LogP contribution is -2.45. The molecule has 2 fully saturated rings. The van der Waals surface area contributed by atoms with Crippen LogP contribution in [0.1, 0.15) is 24.8 Å². The van der Waals surface area contributed by atoms with Crippen molar-refractivity contribution in [3.05, 3.63) is 35.9 Å². The Morgan fingerprint density at radius 2 is 2.04 bits per heavy atom. The molecular formula is C18H24N2O3. The second kappa shape index (κ2) is 7.49. The summed E-state index contributed by atoms with van der Waals surface area (Å²) in [6, 6.07) is 10.5. The predicted molar refractivity (Wildman–Crippen MR) is 87.0 cm³/mol. The van der Waals surface area contributed by atoms with Crippen LogP contribution in [0.3, 0.4) is 0 Å². The van der Waals surface area contributed by atoms with Gasteiger partial charge in [-0.1, -0.05) is 30.3 Å². The number of hydrogen-bond donors (Lipinski definition) is 0. The zero-order chi connectivity index (χ0) is 16.1. The van der Waals surface area contributed by atoms with Gasteiger partial charge in [-0.3, -0.25) is 9.69 Å². The zero-order valence-corrected chi connectivity index (χ0v) is 13.4. The van der Waals surface area contributed by atoms with E-state index in [1.807, 2.05) is 11.0 Å². The number of aryl methyl sites for hydroxylation is 1. The number of cyclic esters (lactones) is 1. The quantitative estimate of drug-likeness (QED) is 0.837. The highest BCUT2D eigenvalue weighted by atomic mass is 16.6. The molecule has 3 rings (SSSR count). The van der Waals surface area contributed by atoms with Gasteiger partial charge >= 0.3 is 6.09 Å². The van der Waals surface area contributed by atoms with E-state index < -0.39 is 0 Å². The average Bonchev–Trinajstić information content (AvgIpc) is 2.99. The number of nitrogens with zero attached hydrogens (tertiary/aromatic N) is 2. The van der Waals surface area contributed by atoms with Crippen LogP contribution in [0, 0.1) is 5.92 Å². The summed E-state index contributed by atoms with van der Waals surface area (Å²) in [5.74, 6) is 0.603. The molecule has 5 heteroatoms. The number of rotatable bonds is 5. The molecule has 2 saturated heterocycles. The molecule has 23 heavy (non-hydrogen) atoms. The van der Waals surface area contributed by atoms with E-state index in [1.165, 1.54) is 16.9 Å². The van der Waals surface area contributed by atoms with Crippen molar-refractivity contribution < 1.29 is 14.3 Å². The summed E-state index contributed by atoms with van der Waals surface area (Å²) in [6.45, 7) is 2.70. The maximum Gasteiger partial charge on any atom is 0.410 e. The maximum atomic E-state index is 12.4. The first-order valence-corrected chi connectivity index (χ1v) is 8.46.